The molecule has 0 saturated carbocycles. The minimum absolute atomic E-state index is 0.0199. The van der Waals surface area contributed by atoms with Crippen LogP contribution in [-0.4, -0.2) is 30.3 Å². The molecule has 0 bridgehead atoms. The van der Waals surface area contributed by atoms with Crippen LogP contribution in [0.15, 0.2) is 78.9 Å². The van der Waals surface area contributed by atoms with Crippen molar-refractivity contribution >= 4 is 34.8 Å². The third kappa shape index (κ3) is 5.69. The van der Waals surface area contributed by atoms with Gasteiger partial charge in [-0.1, -0.05) is 71.8 Å². The highest BCUT2D eigenvalue weighted by molar-refractivity contribution is 6.33. The van der Waals surface area contributed by atoms with Gasteiger partial charge in [-0.2, -0.15) is 0 Å². The molecule has 2 N–H and O–H groups in total. The first-order valence-electron chi connectivity index (χ1n) is 9.61. The largest absolute Gasteiger partial charge is 0.324 e. The monoisotopic (exact) mass is 421 g/mol. The van der Waals surface area contributed by atoms with Gasteiger partial charge < -0.3 is 10.6 Å². The predicted molar refractivity (Wildman–Crippen MR) is 122 cm³/mol. The first kappa shape index (κ1) is 21.6. The number of para-hydroxylation sites is 1. The fraction of sp³-hybridized carbons (Fsp3) is 0.167. The number of rotatable bonds is 7. The number of nitrogens with zero attached hydrogens (tertiary/aromatic N) is 1. The van der Waals surface area contributed by atoms with Gasteiger partial charge in [-0.3, -0.25) is 14.5 Å². The molecule has 0 saturated heterocycles. The minimum Gasteiger partial charge on any atom is -0.324 e. The molecule has 3 rings (SSSR count). The Morgan fingerprint density at radius 2 is 1.53 bits per heavy atom. The van der Waals surface area contributed by atoms with Gasteiger partial charge in [0.1, 0.15) is 6.04 Å². The molecule has 0 fully saturated rings. The number of carbonyl (C=O) groups excluding carboxylic acids is 2. The fourth-order valence-electron chi connectivity index (χ4n) is 3.16. The molecule has 3 aromatic rings. The van der Waals surface area contributed by atoms with E-state index in [4.69, 9.17) is 11.6 Å². The zero-order valence-electron chi connectivity index (χ0n) is 16.9. The van der Waals surface area contributed by atoms with E-state index in [2.05, 4.69) is 10.6 Å². The normalized spacial score (nSPS) is 11.7. The molecule has 0 aliphatic heterocycles. The maximum atomic E-state index is 13.1. The van der Waals surface area contributed by atoms with Crippen LogP contribution in [0.2, 0.25) is 5.02 Å². The molecule has 0 aliphatic carbocycles. The molecule has 3 aromatic carbocycles. The van der Waals surface area contributed by atoms with E-state index in [1.165, 1.54) is 0 Å². The van der Waals surface area contributed by atoms with E-state index < -0.39 is 6.04 Å². The number of halogens is 1. The average molecular weight is 422 g/mol. The summed E-state index contributed by atoms with van der Waals surface area (Å²) in [6.07, 6.45) is 0. The van der Waals surface area contributed by atoms with Crippen molar-refractivity contribution in [2.45, 2.75) is 13.0 Å². The van der Waals surface area contributed by atoms with Gasteiger partial charge in [-0.25, -0.2) is 0 Å². The van der Waals surface area contributed by atoms with Gasteiger partial charge in [0.05, 0.1) is 17.3 Å². The zero-order chi connectivity index (χ0) is 21.5. The first-order chi connectivity index (χ1) is 14.4. The van der Waals surface area contributed by atoms with Crippen molar-refractivity contribution in [1.29, 1.82) is 0 Å². The number of anilines is 2. The van der Waals surface area contributed by atoms with Crippen LogP contribution in [0.5, 0.6) is 0 Å². The highest BCUT2D eigenvalue weighted by Crippen LogP contribution is 2.23. The number of hydrogen-bond acceptors (Lipinski definition) is 3. The van der Waals surface area contributed by atoms with E-state index in [0.29, 0.717) is 16.4 Å². The SMILES string of the molecule is Cc1ccc(NC(=O)[C@H](c2ccccc2)N(C)CC(=O)Nc2ccccc2Cl)cc1. The Labute approximate surface area is 181 Å². The summed E-state index contributed by atoms with van der Waals surface area (Å²) in [5.41, 5.74) is 3.16. The van der Waals surface area contributed by atoms with Crippen LogP contribution in [0.1, 0.15) is 17.2 Å². The lowest BCUT2D eigenvalue weighted by Crippen LogP contribution is -2.39. The zero-order valence-corrected chi connectivity index (χ0v) is 17.7. The van der Waals surface area contributed by atoms with Gasteiger partial charge in [-0.15, -0.1) is 0 Å². The van der Waals surface area contributed by atoms with Gasteiger partial charge in [0.2, 0.25) is 11.8 Å². The van der Waals surface area contributed by atoms with E-state index in [1.807, 2.05) is 61.5 Å². The maximum absolute atomic E-state index is 13.1. The van der Waals surface area contributed by atoms with Crippen LogP contribution in [0.4, 0.5) is 11.4 Å². The second kappa shape index (κ2) is 10.1. The molecule has 154 valence electrons. The molecule has 5 nitrogen and oxygen atoms in total. The molecular weight excluding hydrogens is 398 g/mol. The van der Waals surface area contributed by atoms with E-state index in [1.54, 1.807) is 36.2 Å². The minimum atomic E-state index is -0.635. The second-order valence-electron chi connectivity index (χ2n) is 7.11. The van der Waals surface area contributed by atoms with Crippen molar-refractivity contribution in [2.75, 3.05) is 24.2 Å². The summed E-state index contributed by atoms with van der Waals surface area (Å²) >= 11 is 6.12. The molecule has 0 aliphatic rings. The highest BCUT2D eigenvalue weighted by Gasteiger charge is 2.26. The Balaban J connectivity index is 1.76. The van der Waals surface area contributed by atoms with E-state index in [9.17, 15) is 9.59 Å². The van der Waals surface area contributed by atoms with Crippen molar-refractivity contribution in [2.24, 2.45) is 0 Å². The Bertz CT molecular complexity index is 1010. The molecule has 30 heavy (non-hydrogen) atoms. The van der Waals surface area contributed by atoms with Crippen molar-refractivity contribution in [3.05, 3.63) is 95.0 Å². The van der Waals surface area contributed by atoms with Crippen LogP contribution in [0.3, 0.4) is 0 Å². The summed E-state index contributed by atoms with van der Waals surface area (Å²) in [6, 6.07) is 23.4. The smallest absolute Gasteiger partial charge is 0.246 e. The Hall–Kier alpha value is -3.15. The molecule has 0 heterocycles. The number of aryl methyl sites for hydroxylation is 1. The number of benzene rings is 3. The number of carbonyl (C=O) groups is 2. The van der Waals surface area contributed by atoms with Crippen LogP contribution < -0.4 is 10.6 Å². The third-order valence-electron chi connectivity index (χ3n) is 4.66. The molecule has 0 unspecified atom stereocenters. The Morgan fingerprint density at radius 3 is 2.20 bits per heavy atom. The highest BCUT2D eigenvalue weighted by atomic mass is 35.5. The third-order valence-corrected chi connectivity index (χ3v) is 4.99. The summed E-state index contributed by atoms with van der Waals surface area (Å²) in [5, 5.41) is 6.21. The van der Waals surface area contributed by atoms with E-state index in [0.717, 1.165) is 11.1 Å². The summed E-state index contributed by atoms with van der Waals surface area (Å²) < 4.78 is 0. The number of nitrogens with one attached hydrogen (secondary N) is 2. The maximum Gasteiger partial charge on any atom is 0.246 e. The van der Waals surface area contributed by atoms with Crippen LogP contribution >= 0.6 is 11.6 Å². The fourth-order valence-corrected chi connectivity index (χ4v) is 3.34. The lowest BCUT2D eigenvalue weighted by atomic mass is 10.0. The van der Waals surface area contributed by atoms with Crippen LogP contribution in [-0.2, 0) is 9.59 Å². The van der Waals surface area contributed by atoms with Crippen molar-refractivity contribution in [3.63, 3.8) is 0 Å². The van der Waals surface area contributed by atoms with Crippen molar-refractivity contribution in [1.82, 2.24) is 4.90 Å². The number of hydrogen-bond donors (Lipinski definition) is 2. The lowest BCUT2D eigenvalue weighted by molar-refractivity contribution is -0.123. The van der Waals surface area contributed by atoms with Gasteiger partial charge in [0.15, 0.2) is 0 Å². The predicted octanol–water partition coefficient (Wildman–Crippen LogP) is 4.90. The van der Waals surface area contributed by atoms with Crippen molar-refractivity contribution < 1.29 is 9.59 Å². The first-order valence-corrected chi connectivity index (χ1v) is 9.99. The van der Waals surface area contributed by atoms with E-state index >= 15 is 0 Å². The summed E-state index contributed by atoms with van der Waals surface area (Å²) in [4.78, 5) is 27.4. The molecule has 0 radical (unpaired) electrons. The molecular formula is C24H24ClN3O2. The van der Waals surface area contributed by atoms with Gasteiger partial charge in [0.25, 0.3) is 0 Å². The summed E-state index contributed by atoms with van der Waals surface area (Å²) in [6.45, 7) is 2.01. The quantitative estimate of drug-likeness (QED) is 0.570. The second-order valence-corrected chi connectivity index (χ2v) is 7.52. The van der Waals surface area contributed by atoms with Crippen LogP contribution in [0.25, 0.3) is 0 Å². The van der Waals surface area contributed by atoms with Gasteiger partial charge >= 0.3 is 0 Å². The van der Waals surface area contributed by atoms with Gasteiger partial charge in [-0.05, 0) is 43.8 Å². The standard InChI is InChI=1S/C24H24ClN3O2/c1-17-12-14-19(15-13-17)26-24(30)23(18-8-4-3-5-9-18)28(2)16-22(29)27-21-11-7-6-10-20(21)25/h3-15,23H,16H2,1-2H3,(H,26,30)(H,27,29)/t23-/m0/s1. The molecule has 6 heteroatoms. The molecule has 1 atom stereocenters. The molecule has 0 aromatic heterocycles. The Morgan fingerprint density at radius 1 is 0.900 bits per heavy atom. The average Bonchev–Trinajstić information content (AvgIpc) is 2.72. The molecule has 0 spiro atoms. The van der Waals surface area contributed by atoms with Crippen molar-refractivity contribution in [3.8, 4) is 0 Å². The van der Waals surface area contributed by atoms with Crippen LogP contribution in [0, 0.1) is 6.92 Å². The topological polar surface area (TPSA) is 61.4 Å². The lowest BCUT2D eigenvalue weighted by Gasteiger charge is -2.27. The number of likely N-dealkylation sites (N-methyl/N-ethyl adjacent to an activating group) is 1. The number of amides is 2. The van der Waals surface area contributed by atoms with E-state index in [-0.39, 0.29) is 18.4 Å². The molecule has 2 amide bonds. The van der Waals surface area contributed by atoms with Gasteiger partial charge in [0, 0.05) is 5.69 Å². The Kier molecular flexibility index (Phi) is 7.22. The summed E-state index contributed by atoms with van der Waals surface area (Å²) in [5.74, 6) is -0.465. The summed E-state index contributed by atoms with van der Waals surface area (Å²) in [7, 11) is 1.75.